The molecule has 0 aromatic rings. The molecule has 11 heavy (non-hydrogen) atoms. The normalized spacial score (nSPS) is 7.09. The smallest absolute Gasteiger partial charge is 0.300 e. The summed E-state index contributed by atoms with van der Waals surface area (Å²) in [5.74, 6) is -0.927. The van der Waals surface area contributed by atoms with Crippen LogP contribution in [0.5, 0.6) is 0 Å². The zero-order valence-electron chi connectivity index (χ0n) is 6.55. The van der Waals surface area contributed by atoms with Crippen LogP contribution in [0.4, 0.5) is 0 Å². The van der Waals surface area contributed by atoms with Crippen molar-refractivity contribution in [1.29, 1.82) is 5.41 Å². The second-order valence-electron chi connectivity index (χ2n) is 1.66. The Labute approximate surface area is 64.9 Å². The third-order valence-corrected chi connectivity index (χ3v) is 0.453. The standard InChI is InChI=1S/C4H8N2O.C2H4O2/c1-4(7)6-3-2-5;1-2(3)4/h2,5H,3H2,1H3,(H,6,7);1H3,(H,3,4). The Morgan fingerprint density at radius 2 is 1.91 bits per heavy atom. The maximum atomic E-state index is 9.99. The van der Waals surface area contributed by atoms with Gasteiger partial charge in [-0.05, 0) is 0 Å². The topological polar surface area (TPSA) is 90.3 Å². The summed E-state index contributed by atoms with van der Waals surface area (Å²) >= 11 is 0. The molecule has 0 aliphatic carbocycles. The monoisotopic (exact) mass is 160 g/mol. The third-order valence-electron chi connectivity index (χ3n) is 0.453. The zero-order chi connectivity index (χ0) is 9.28. The molecule has 0 aromatic heterocycles. The van der Waals surface area contributed by atoms with Crippen molar-refractivity contribution in [2.75, 3.05) is 6.54 Å². The number of nitrogens with one attached hydrogen (secondary N) is 2. The van der Waals surface area contributed by atoms with Crippen LogP contribution >= 0.6 is 0 Å². The van der Waals surface area contributed by atoms with Gasteiger partial charge in [-0.1, -0.05) is 0 Å². The van der Waals surface area contributed by atoms with Crippen LogP contribution in [0.2, 0.25) is 0 Å². The Morgan fingerprint density at radius 3 is 2.00 bits per heavy atom. The van der Waals surface area contributed by atoms with Gasteiger partial charge in [0.2, 0.25) is 5.91 Å². The predicted octanol–water partition coefficient (Wildman–Crippen LogP) is -0.137. The van der Waals surface area contributed by atoms with Crippen LogP contribution in [-0.2, 0) is 9.59 Å². The molecule has 0 radical (unpaired) electrons. The first kappa shape index (κ1) is 12.3. The fourth-order valence-electron chi connectivity index (χ4n) is 0.195. The fourth-order valence-corrected chi connectivity index (χ4v) is 0.195. The average molecular weight is 160 g/mol. The summed E-state index contributed by atoms with van der Waals surface area (Å²) < 4.78 is 0. The van der Waals surface area contributed by atoms with Gasteiger partial charge >= 0.3 is 0 Å². The van der Waals surface area contributed by atoms with Crippen LogP contribution < -0.4 is 5.32 Å². The number of carbonyl (C=O) groups is 2. The number of rotatable bonds is 2. The van der Waals surface area contributed by atoms with Gasteiger partial charge in [-0.25, -0.2) is 0 Å². The van der Waals surface area contributed by atoms with Gasteiger partial charge in [0.25, 0.3) is 5.97 Å². The summed E-state index contributed by atoms with van der Waals surface area (Å²) in [5.41, 5.74) is 0. The Balaban J connectivity index is 0. The minimum atomic E-state index is -0.833. The molecule has 64 valence electrons. The van der Waals surface area contributed by atoms with E-state index < -0.39 is 5.97 Å². The summed E-state index contributed by atoms with van der Waals surface area (Å²) in [6.07, 6.45) is 1.14. The van der Waals surface area contributed by atoms with Crippen LogP contribution in [0.25, 0.3) is 0 Å². The Bertz CT molecular complexity index is 141. The fraction of sp³-hybridized carbons (Fsp3) is 0.500. The van der Waals surface area contributed by atoms with Crippen molar-refractivity contribution in [1.82, 2.24) is 5.32 Å². The van der Waals surface area contributed by atoms with Gasteiger partial charge < -0.3 is 15.8 Å². The Morgan fingerprint density at radius 1 is 1.55 bits per heavy atom. The highest BCUT2D eigenvalue weighted by Crippen LogP contribution is 1.53. The SMILES string of the molecule is CC(=O)NCC=N.CC(=O)O. The number of aliphatic carboxylic acids is 1. The molecule has 0 unspecified atom stereocenters. The average Bonchev–Trinajstić information content (AvgIpc) is 1.82. The van der Waals surface area contributed by atoms with Gasteiger partial charge in [0.15, 0.2) is 0 Å². The molecule has 0 saturated carbocycles. The summed E-state index contributed by atoms with van der Waals surface area (Å²) in [4.78, 5) is 19.0. The zero-order valence-corrected chi connectivity index (χ0v) is 6.55. The molecule has 1 amide bonds. The molecule has 5 nitrogen and oxygen atoms in total. The van der Waals surface area contributed by atoms with Crippen LogP contribution in [0.15, 0.2) is 0 Å². The van der Waals surface area contributed by atoms with Gasteiger partial charge in [0, 0.05) is 20.1 Å². The van der Waals surface area contributed by atoms with Crippen LogP contribution in [0, 0.1) is 5.41 Å². The number of hydrogen-bond donors (Lipinski definition) is 3. The minimum absolute atomic E-state index is 0.0940. The molecule has 0 bridgehead atoms. The second-order valence-corrected chi connectivity index (χ2v) is 1.66. The molecule has 0 aliphatic heterocycles. The van der Waals surface area contributed by atoms with Crippen molar-refractivity contribution in [2.24, 2.45) is 0 Å². The highest BCUT2D eigenvalue weighted by molar-refractivity contribution is 5.75. The molecule has 0 aliphatic rings. The molecule has 0 rings (SSSR count). The molecule has 0 saturated heterocycles. The number of carboxylic acids is 1. The van der Waals surface area contributed by atoms with E-state index in [-0.39, 0.29) is 5.91 Å². The summed E-state index contributed by atoms with van der Waals surface area (Å²) in [7, 11) is 0. The maximum absolute atomic E-state index is 9.99. The van der Waals surface area contributed by atoms with Crippen molar-refractivity contribution in [3.05, 3.63) is 0 Å². The highest BCUT2D eigenvalue weighted by Gasteiger charge is 1.81. The Hall–Kier alpha value is -1.39. The van der Waals surface area contributed by atoms with E-state index in [9.17, 15) is 4.79 Å². The van der Waals surface area contributed by atoms with Crippen LogP contribution in [0.3, 0.4) is 0 Å². The van der Waals surface area contributed by atoms with Crippen molar-refractivity contribution in [3.8, 4) is 0 Å². The Kier molecular flexibility index (Phi) is 9.63. The largest absolute Gasteiger partial charge is 0.481 e. The number of amides is 1. The van der Waals surface area contributed by atoms with Crippen molar-refractivity contribution in [3.63, 3.8) is 0 Å². The lowest BCUT2D eigenvalue weighted by Gasteiger charge is -1.89. The molecule has 3 N–H and O–H groups in total. The minimum Gasteiger partial charge on any atom is -0.481 e. The molecule has 0 atom stereocenters. The lowest BCUT2D eigenvalue weighted by molar-refractivity contribution is -0.134. The van der Waals surface area contributed by atoms with Gasteiger partial charge in [0.05, 0.1) is 6.54 Å². The predicted molar refractivity (Wildman–Crippen MR) is 40.8 cm³/mol. The quantitative estimate of drug-likeness (QED) is 0.491. The van der Waals surface area contributed by atoms with E-state index in [1.807, 2.05) is 0 Å². The van der Waals surface area contributed by atoms with Crippen molar-refractivity contribution >= 4 is 18.1 Å². The maximum Gasteiger partial charge on any atom is 0.300 e. The summed E-state index contributed by atoms with van der Waals surface area (Å²) in [6, 6.07) is 0. The first-order valence-electron chi connectivity index (χ1n) is 2.93. The first-order chi connectivity index (χ1) is 5.00. The van der Waals surface area contributed by atoms with E-state index in [4.69, 9.17) is 15.3 Å². The molecule has 5 heteroatoms. The number of hydrogen-bond acceptors (Lipinski definition) is 3. The highest BCUT2D eigenvalue weighted by atomic mass is 16.4. The van der Waals surface area contributed by atoms with E-state index in [0.717, 1.165) is 13.1 Å². The second kappa shape index (κ2) is 8.61. The van der Waals surface area contributed by atoms with E-state index in [2.05, 4.69) is 5.32 Å². The van der Waals surface area contributed by atoms with Crippen molar-refractivity contribution in [2.45, 2.75) is 13.8 Å². The van der Waals surface area contributed by atoms with Crippen molar-refractivity contribution < 1.29 is 14.7 Å². The summed E-state index contributed by atoms with van der Waals surface area (Å²) in [6.45, 7) is 2.85. The van der Waals surface area contributed by atoms with Gasteiger partial charge in [0.1, 0.15) is 0 Å². The lowest BCUT2D eigenvalue weighted by atomic mass is 10.6. The number of carbonyl (C=O) groups excluding carboxylic acids is 1. The molecular formula is C6H12N2O3. The van der Waals surface area contributed by atoms with E-state index in [1.54, 1.807) is 0 Å². The molecular weight excluding hydrogens is 148 g/mol. The van der Waals surface area contributed by atoms with Gasteiger partial charge in [-0.2, -0.15) is 0 Å². The molecule has 0 heterocycles. The summed E-state index contributed by atoms with van der Waals surface area (Å²) in [5, 5.41) is 16.3. The van der Waals surface area contributed by atoms with E-state index in [1.165, 1.54) is 6.92 Å². The first-order valence-corrected chi connectivity index (χ1v) is 2.93. The van der Waals surface area contributed by atoms with Gasteiger partial charge in [-0.3, -0.25) is 9.59 Å². The molecule has 0 spiro atoms. The number of carboxylic acid groups (broad SMARTS) is 1. The lowest BCUT2D eigenvalue weighted by Crippen LogP contribution is -2.21. The van der Waals surface area contributed by atoms with E-state index >= 15 is 0 Å². The molecule has 0 fully saturated rings. The van der Waals surface area contributed by atoms with E-state index in [0.29, 0.717) is 6.54 Å². The van der Waals surface area contributed by atoms with Crippen LogP contribution in [0.1, 0.15) is 13.8 Å². The van der Waals surface area contributed by atoms with Gasteiger partial charge in [-0.15, -0.1) is 0 Å². The third kappa shape index (κ3) is 55.2. The van der Waals surface area contributed by atoms with Crippen LogP contribution in [-0.4, -0.2) is 29.7 Å². The molecule has 0 aromatic carbocycles.